The molecule has 0 aliphatic carbocycles. The van der Waals surface area contributed by atoms with Gasteiger partial charge in [-0.05, 0) is 64.8 Å². The molecule has 2 nitrogen and oxygen atoms in total. The molecular weight excluding hydrogens is 331 g/mol. The Bertz CT molecular complexity index is 802. The van der Waals surface area contributed by atoms with Crippen LogP contribution in [0.2, 0.25) is 0 Å². The van der Waals surface area contributed by atoms with Crippen molar-refractivity contribution in [1.82, 2.24) is 4.98 Å². The first-order valence-electron chi connectivity index (χ1n) is 6.67. The molecule has 0 atom stereocenters. The molecule has 106 valence electrons. The summed E-state index contributed by atoms with van der Waals surface area (Å²) < 4.78 is 13.7. The van der Waals surface area contributed by atoms with E-state index in [0.29, 0.717) is 11.0 Å². The third-order valence-corrected chi connectivity index (χ3v) is 3.92. The fourth-order valence-electron chi connectivity index (χ4n) is 2.20. The maximum Gasteiger partial charge on any atom is 0.137 e. The second-order valence-corrected chi connectivity index (χ2v) is 5.82. The van der Waals surface area contributed by atoms with E-state index in [2.05, 4.69) is 44.4 Å². The molecule has 0 spiro atoms. The molecule has 4 heteroatoms. The molecule has 0 amide bonds. The number of fused-ring (bicyclic) bond motifs is 1. The number of nitrogens with zero attached hydrogens (tertiary/aromatic N) is 1. The van der Waals surface area contributed by atoms with E-state index in [4.69, 9.17) is 0 Å². The highest BCUT2D eigenvalue weighted by atomic mass is 79.9. The number of hydrogen-bond donors (Lipinski definition) is 1. The molecule has 0 saturated carbocycles. The van der Waals surface area contributed by atoms with Crippen LogP contribution in [0.4, 0.5) is 10.1 Å². The summed E-state index contributed by atoms with van der Waals surface area (Å²) >= 11 is 3.19. The van der Waals surface area contributed by atoms with Crippen molar-refractivity contribution >= 4 is 32.5 Å². The highest BCUT2D eigenvalue weighted by Crippen LogP contribution is 2.21. The minimum atomic E-state index is -0.257. The Morgan fingerprint density at radius 3 is 2.76 bits per heavy atom. The predicted molar refractivity (Wildman–Crippen MR) is 87.9 cm³/mol. The summed E-state index contributed by atoms with van der Waals surface area (Å²) in [6, 6.07) is 15.2. The van der Waals surface area contributed by atoms with Crippen LogP contribution in [-0.4, -0.2) is 4.98 Å². The van der Waals surface area contributed by atoms with E-state index in [0.717, 1.165) is 27.8 Å². The van der Waals surface area contributed by atoms with E-state index in [1.807, 2.05) is 19.1 Å². The predicted octanol–water partition coefficient (Wildman–Crippen LogP) is 5.06. The Kier molecular flexibility index (Phi) is 3.88. The van der Waals surface area contributed by atoms with Crippen LogP contribution < -0.4 is 5.32 Å². The van der Waals surface area contributed by atoms with Gasteiger partial charge in [0.15, 0.2) is 0 Å². The normalized spacial score (nSPS) is 10.8. The summed E-state index contributed by atoms with van der Waals surface area (Å²) in [6.45, 7) is 2.67. The van der Waals surface area contributed by atoms with Gasteiger partial charge in [0.2, 0.25) is 0 Å². The highest BCUT2D eigenvalue weighted by Gasteiger charge is 2.02. The Morgan fingerprint density at radius 2 is 1.95 bits per heavy atom. The molecular formula is C17H14BrFN2. The van der Waals surface area contributed by atoms with Gasteiger partial charge in [0.25, 0.3) is 0 Å². The monoisotopic (exact) mass is 344 g/mol. The fraction of sp³-hybridized carbons (Fsp3) is 0.118. The van der Waals surface area contributed by atoms with Crippen LogP contribution in [0.5, 0.6) is 0 Å². The lowest BCUT2D eigenvalue weighted by Crippen LogP contribution is -1.99. The average molecular weight is 345 g/mol. The van der Waals surface area contributed by atoms with Crippen molar-refractivity contribution in [2.24, 2.45) is 0 Å². The summed E-state index contributed by atoms with van der Waals surface area (Å²) in [5, 5.41) is 4.41. The molecule has 3 aromatic rings. The molecule has 0 unspecified atom stereocenters. The van der Waals surface area contributed by atoms with E-state index in [9.17, 15) is 4.39 Å². The molecule has 2 aromatic carbocycles. The SMILES string of the molecule is Cc1ccc2cc(CNc3ccc(F)c(Br)c3)ccc2n1. The zero-order chi connectivity index (χ0) is 14.8. The van der Waals surface area contributed by atoms with E-state index in [1.54, 1.807) is 12.1 Å². The number of aromatic nitrogens is 1. The van der Waals surface area contributed by atoms with Crippen molar-refractivity contribution in [3.8, 4) is 0 Å². The van der Waals surface area contributed by atoms with Crippen LogP contribution in [0.25, 0.3) is 10.9 Å². The van der Waals surface area contributed by atoms with Crippen molar-refractivity contribution in [2.75, 3.05) is 5.32 Å². The molecule has 1 heterocycles. The third kappa shape index (κ3) is 3.22. The quantitative estimate of drug-likeness (QED) is 0.718. The zero-order valence-corrected chi connectivity index (χ0v) is 13.1. The maximum atomic E-state index is 13.2. The standard InChI is InChI=1S/C17H14BrFN2/c1-11-2-4-13-8-12(3-7-17(13)21-11)10-20-14-5-6-16(19)15(18)9-14/h2-9,20H,10H2,1H3. The fourth-order valence-corrected chi connectivity index (χ4v) is 2.58. The number of pyridine rings is 1. The summed E-state index contributed by atoms with van der Waals surface area (Å²) in [7, 11) is 0. The van der Waals surface area contributed by atoms with E-state index in [-0.39, 0.29) is 5.82 Å². The molecule has 0 aliphatic rings. The van der Waals surface area contributed by atoms with Crippen LogP contribution in [0.3, 0.4) is 0 Å². The van der Waals surface area contributed by atoms with Crippen molar-refractivity contribution < 1.29 is 4.39 Å². The van der Waals surface area contributed by atoms with Gasteiger partial charge in [-0.3, -0.25) is 4.98 Å². The first-order valence-corrected chi connectivity index (χ1v) is 7.46. The van der Waals surface area contributed by atoms with Gasteiger partial charge in [-0.15, -0.1) is 0 Å². The summed E-state index contributed by atoms with van der Waals surface area (Å²) in [4.78, 5) is 4.49. The lowest BCUT2D eigenvalue weighted by Gasteiger charge is -2.08. The van der Waals surface area contributed by atoms with Crippen LogP contribution in [0.15, 0.2) is 53.0 Å². The molecule has 21 heavy (non-hydrogen) atoms. The van der Waals surface area contributed by atoms with Crippen molar-refractivity contribution in [2.45, 2.75) is 13.5 Å². The van der Waals surface area contributed by atoms with Crippen LogP contribution in [-0.2, 0) is 6.54 Å². The van der Waals surface area contributed by atoms with Gasteiger partial charge in [0.1, 0.15) is 5.82 Å². The van der Waals surface area contributed by atoms with Gasteiger partial charge in [-0.1, -0.05) is 12.1 Å². The topological polar surface area (TPSA) is 24.9 Å². The van der Waals surface area contributed by atoms with Gasteiger partial charge >= 0.3 is 0 Å². The van der Waals surface area contributed by atoms with E-state index >= 15 is 0 Å². The molecule has 3 rings (SSSR count). The van der Waals surface area contributed by atoms with Gasteiger partial charge in [-0.25, -0.2) is 4.39 Å². The summed E-state index contributed by atoms with van der Waals surface area (Å²) in [5.41, 5.74) is 4.06. The Morgan fingerprint density at radius 1 is 1.10 bits per heavy atom. The van der Waals surface area contributed by atoms with Crippen LogP contribution in [0.1, 0.15) is 11.3 Å². The molecule has 0 bridgehead atoms. The zero-order valence-electron chi connectivity index (χ0n) is 11.5. The minimum Gasteiger partial charge on any atom is -0.381 e. The number of hydrogen-bond acceptors (Lipinski definition) is 2. The lowest BCUT2D eigenvalue weighted by molar-refractivity contribution is 0.621. The molecule has 0 saturated heterocycles. The van der Waals surface area contributed by atoms with Gasteiger partial charge in [-0.2, -0.15) is 0 Å². The average Bonchev–Trinajstić information content (AvgIpc) is 2.48. The minimum absolute atomic E-state index is 0.257. The lowest BCUT2D eigenvalue weighted by atomic mass is 10.1. The molecule has 1 N–H and O–H groups in total. The molecule has 0 radical (unpaired) electrons. The van der Waals surface area contributed by atoms with Crippen LogP contribution >= 0.6 is 15.9 Å². The van der Waals surface area contributed by atoms with Crippen molar-refractivity contribution in [1.29, 1.82) is 0 Å². The van der Waals surface area contributed by atoms with Crippen LogP contribution in [0, 0.1) is 12.7 Å². The molecule has 0 aliphatic heterocycles. The van der Waals surface area contributed by atoms with Gasteiger partial charge in [0, 0.05) is 23.3 Å². The maximum absolute atomic E-state index is 13.2. The molecule has 1 aromatic heterocycles. The summed E-state index contributed by atoms with van der Waals surface area (Å²) in [6.07, 6.45) is 0. The van der Waals surface area contributed by atoms with E-state index in [1.165, 1.54) is 6.07 Å². The Hall–Kier alpha value is -1.94. The van der Waals surface area contributed by atoms with Crippen molar-refractivity contribution in [3.63, 3.8) is 0 Å². The highest BCUT2D eigenvalue weighted by molar-refractivity contribution is 9.10. The second-order valence-electron chi connectivity index (χ2n) is 4.96. The van der Waals surface area contributed by atoms with Crippen molar-refractivity contribution in [3.05, 3.63) is 70.1 Å². The third-order valence-electron chi connectivity index (χ3n) is 3.31. The number of benzene rings is 2. The number of anilines is 1. The first kappa shape index (κ1) is 14.0. The number of aryl methyl sites for hydroxylation is 1. The summed E-state index contributed by atoms with van der Waals surface area (Å²) in [5.74, 6) is -0.257. The second kappa shape index (κ2) is 5.82. The first-order chi connectivity index (χ1) is 10.1. The number of halogens is 2. The Balaban J connectivity index is 1.78. The van der Waals surface area contributed by atoms with E-state index < -0.39 is 0 Å². The number of nitrogens with one attached hydrogen (secondary N) is 1. The van der Waals surface area contributed by atoms with Gasteiger partial charge < -0.3 is 5.32 Å². The molecule has 0 fully saturated rings. The smallest absolute Gasteiger partial charge is 0.137 e. The number of rotatable bonds is 3. The largest absolute Gasteiger partial charge is 0.381 e. The Labute approximate surface area is 131 Å². The van der Waals surface area contributed by atoms with Gasteiger partial charge in [0.05, 0.1) is 9.99 Å².